The van der Waals surface area contributed by atoms with Gasteiger partial charge in [0.05, 0.1) is 12.7 Å². The molecule has 4 heteroatoms. The Labute approximate surface area is 111 Å². The minimum Gasteiger partial charge on any atom is -0.493 e. The summed E-state index contributed by atoms with van der Waals surface area (Å²) in [6, 6.07) is 9.62. The molecule has 0 saturated heterocycles. The summed E-state index contributed by atoms with van der Waals surface area (Å²) in [6.07, 6.45) is 3.38. The summed E-state index contributed by atoms with van der Waals surface area (Å²) < 4.78 is 5.70. The molecule has 0 spiro atoms. The van der Waals surface area contributed by atoms with Gasteiger partial charge in [0.2, 0.25) is 0 Å². The van der Waals surface area contributed by atoms with Crippen molar-refractivity contribution in [3.8, 4) is 5.75 Å². The monoisotopic (exact) mass is 256 g/mol. The maximum atomic E-state index is 10.5. The van der Waals surface area contributed by atoms with Gasteiger partial charge in [-0.3, -0.25) is 4.98 Å². The molecule has 0 amide bonds. The molecule has 2 atom stereocenters. The van der Waals surface area contributed by atoms with Crippen LogP contribution in [0.5, 0.6) is 5.75 Å². The Balaban J connectivity index is 1.83. The minimum atomic E-state index is -0.651. The first kappa shape index (κ1) is 12.0. The van der Waals surface area contributed by atoms with Crippen LogP contribution in [0.3, 0.4) is 0 Å². The first-order valence-corrected chi connectivity index (χ1v) is 6.34. The molecule has 0 aliphatic carbocycles. The lowest BCUT2D eigenvalue weighted by molar-refractivity contribution is 0.0648. The summed E-state index contributed by atoms with van der Waals surface area (Å²) in [7, 11) is 0. The third-order valence-corrected chi connectivity index (χ3v) is 3.56. The second-order valence-corrected chi connectivity index (χ2v) is 4.83. The molecule has 0 fully saturated rings. The molecule has 1 aromatic heterocycles. The molecule has 4 nitrogen and oxygen atoms in total. The topological polar surface area (TPSA) is 68.4 Å². The lowest BCUT2D eigenvalue weighted by Crippen LogP contribution is -2.27. The number of pyridine rings is 1. The molecule has 98 valence electrons. The van der Waals surface area contributed by atoms with E-state index in [0.29, 0.717) is 17.9 Å². The van der Waals surface area contributed by atoms with E-state index in [0.717, 1.165) is 17.7 Å². The highest BCUT2D eigenvalue weighted by atomic mass is 16.5. The van der Waals surface area contributed by atoms with Crippen molar-refractivity contribution < 1.29 is 9.84 Å². The van der Waals surface area contributed by atoms with Crippen LogP contribution in [-0.2, 0) is 6.42 Å². The van der Waals surface area contributed by atoms with E-state index in [1.54, 1.807) is 18.5 Å². The third kappa shape index (κ3) is 2.27. The Kier molecular flexibility index (Phi) is 3.09. The number of hydrogen-bond acceptors (Lipinski definition) is 4. The molecule has 1 aliphatic heterocycles. The molecular formula is C15H16N2O2. The van der Waals surface area contributed by atoms with Crippen molar-refractivity contribution >= 4 is 5.69 Å². The SMILES string of the molecule is Nc1ccncc1C(O)C1COc2ccccc2C1. The predicted octanol–water partition coefficient (Wildman–Crippen LogP) is 1.95. The Morgan fingerprint density at radius 1 is 1.32 bits per heavy atom. The number of aliphatic hydroxyl groups is 1. The van der Waals surface area contributed by atoms with Crippen LogP contribution in [0.4, 0.5) is 5.69 Å². The fraction of sp³-hybridized carbons (Fsp3) is 0.267. The second-order valence-electron chi connectivity index (χ2n) is 4.83. The maximum absolute atomic E-state index is 10.5. The summed E-state index contributed by atoms with van der Waals surface area (Å²) in [4.78, 5) is 4.02. The molecule has 1 aromatic carbocycles. The average Bonchev–Trinajstić information content (AvgIpc) is 2.46. The Morgan fingerprint density at radius 2 is 2.16 bits per heavy atom. The van der Waals surface area contributed by atoms with Crippen molar-refractivity contribution in [1.29, 1.82) is 0 Å². The first-order valence-electron chi connectivity index (χ1n) is 6.34. The van der Waals surface area contributed by atoms with Gasteiger partial charge in [-0.15, -0.1) is 0 Å². The zero-order chi connectivity index (χ0) is 13.2. The van der Waals surface area contributed by atoms with Crippen molar-refractivity contribution in [2.24, 2.45) is 5.92 Å². The van der Waals surface area contributed by atoms with Crippen LogP contribution in [-0.4, -0.2) is 16.7 Å². The second kappa shape index (κ2) is 4.90. The number of aliphatic hydroxyl groups excluding tert-OH is 1. The molecule has 2 heterocycles. The Bertz CT molecular complexity index is 586. The van der Waals surface area contributed by atoms with E-state index >= 15 is 0 Å². The van der Waals surface area contributed by atoms with Gasteiger partial charge in [-0.05, 0) is 24.1 Å². The van der Waals surface area contributed by atoms with Crippen LogP contribution in [0.15, 0.2) is 42.7 Å². The van der Waals surface area contributed by atoms with Crippen molar-refractivity contribution in [3.05, 3.63) is 53.9 Å². The van der Waals surface area contributed by atoms with Crippen molar-refractivity contribution in [1.82, 2.24) is 4.98 Å². The van der Waals surface area contributed by atoms with Crippen molar-refractivity contribution in [2.45, 2.75) is 12.5 Å². The largest absolute Gasteiger partial charge is 0.493 e. The molecule has 0 saturated carbocycles. The van der Waals surface area contributed by atoms with Crippen LogP contribution in [0.1, 0.15) is 17.2 Å². The Hall–Kier alpha value is -2.07. The van der Waals surface area contributed by atoms with Gasteiger partial charge in [-0.2, -0.15) is 0 Å². The summed E-state index contributed by atoms with van der Waals surface area (Å²) in [5, 5.41) is 10.5. The van der Waals surface area contributed by atoms with Gasteiger partial charge >= 0.3 is 0 Å². The highest BCUT2D eigenvalue weighted by molar-refractivity contribution is 5.46. The first-order chi connectivity index (χ1) is 9.25. The van der Waals surface area contributed by atoms with E-state index in [1.165, 1.54) is 0 Å². The third-order valence-electron chi connectivity index (χ3n) is 3.56. The van der Waals surface area contributed by atoms with Gasteiger partial charge in [0.25, 0.3) is 0 Å². The summed E-state index contributed by atoms with van der Waals surface area (Å²) >= 11 is 0. The van der Waals surface area contributed by atoms with E-state index in [-0.39, 0.29) is 5.92 Å². The number of aromatic nitrogens is 1. The quantitative estimate of drug-likeness (QED) is 0.861. The molecule has 1 aliphatic rings. The van der Waals surface area contributed by atoms with Gasteiger partial charge in [0.1, 0.15) is 5.75 Å². The number of nitrogens with zero attached hydrogens (tertiary/aromatic N) is 1. The fourth-order valence-corrected chi connectivity index (χ4v) is 2.47. The molecule has 2 unspecified atom stereocenters. The van der Waals surface area contributed by atoms with Crippen molar-refractivity contribution in [3.63, 3.8) is 0 Å². The van der Waals surface area contributed by atoms with Crippen LogP contribution in [0.2, 0.25) is 0 Å². The van der Waals surface area contributed by atoms with Crippen LogP contribution < -0.4 is 10.5 Å². The lowest BCUT2D eigenvalue weighted by Gasteiger charge is -2.29. The number of nitrogen functional groups attached to an aromatic ring is 1. The molecule has 2 aromatic rings. The number of para-hydroxylation sites is 1. The van der Waals surface area contributed by atoms with E-state index < -0.39 is 6.10 Å². The average molecular weight is 256 g/mol. The van der Waals surface area contributed by atoms with Gasteiger partial charge in [0, 0.05) is 29.6 Å². The van der Waals surface area contributed by atoms with E-state index in [1.807, 2.05) is 24.3 Å². The van der Waals surface area contributed by atoms with Gasteiger partial charge < -0.3 is 15.6 Å². The number of nitrogens with two attached hydrogens (primary N) is 1. The van der Waals surface area contributed by atoms with Crippen LogP contribution in [0, 0.1) is 5.92 Å². The van der Waals surface area contributed by atoms with E-state index in [4.69, 9.17) is 10.5 Å². The number of ether oxygens (including phenoxy) is 1. The number of fused-ring (bicyclic) bond motifs is 1. The zero-order valence-electron chi connectivity index (χ0n) is 10.5. The number of rotatable bonds is 2. The van der Waals surface area contributed by atoms with Crippen molar-refractivity contribution in [2.75, 3.05) is 12.3 Å². The standard InChI is InChI=1S/C15H16N2O2/c16-13-5-6-17-8-12(13)15(18)11-7-10-3-1-2-4-14(10)19-9-11/h1-6,8,11,15,18H,7,9H2,(H2,16,17). The highest BCUT2D eigenvalue weighted by Gasteiger charge is 2.28. The van der Waals surface area contributed by atoms with Gasteiger partial charge in [0.15, 0.2) is 0 Å². The molecular weight excluding hydrogens is 240 g/mol. The predicted molar refractivity (Wildman–Crippen MR) is 72.7 cm³/mol. The molecule has 19 heavy (non-hydrogen) atoms. The number of hydrogen-bond donors (Lipinski definition) is 2. The summed E-state index contributed by atoms with van der Waals surface area (Å²) in [5.41, 5.74) is 8.25. The highest BCUT2D eigenvalue weighted by Crippen LogP contribution is 2.34. The Morgan fingerprint density at radius 3 is 3.00 bits per heavy atom. The van der Waals surface area contributed by atoms with E-state index in [2.05, 4.69) is 4.98 Å². The lowest BCUT2D eigenvalue weighted by atomic mass is 9.88. The molecule has 3 rings (SSSR count). The molecule has 0 radical (unpaired) electrons. The summed E-state index contributed by atoms with van der Waals surface area (Å²) in [5.74, 6) is 0.909. The fourth-order valence-electron chi connectivity index (χ4n) is 2.47. The number of anilines is 1. The summed E-state index contributed by atoms with van der Waals surface area (Å²) in [6.45, 7) is 0.493. The van der Waals surface area contributed by atoms with Crippen LogP contribution in [0.25, 0.3) is 0 Å². The van der Waals surface area contributed by atoms with Crippen LogP contribution >= 0.6 is 0 Å². The maximum Gasteiger partial charge on any atom is 0.122 e. The minimum absolute atomic E-state index is 0.00130. The van der Waals surface area contributed by atoms with Gasteiger partial charge in [-0.1, -0.05) is 18.2 Å². The molecule has 3 N–H and O–H groups in total. The smallest absolute Gasteiger partial charge is 0.122 e. The van der Waals surface area contributed by atoms with E-state index in [9.17, 15) is 5.11 Å². The molecule has 0 bridgehead atoms. The number of benzene rings is 1. The normalized spacial score (nSPS) is 19.3. The van der Waals surface area contributed by atoms with Gasteiger partial charge in [-0.25, -0.2) is 0 Å². The zero-order valence-corrected chi connectivity index (χ0v) is 10.5.